The van der Waals surface area contributed by atoms with Gasteiger partial charge in [0.2, 0.25) is 5.91 Å². The minimum Gasteiger partial charge on any atom is -0.382 e. The second-order valence-corrected chi connectivity index (χ2v) is 6.71. The van der Waals surface area contributed by atoms with Gasteiger partial charge in [-0.15, -0.1) is 0 Å². The molecule has 2 aromatic rings. The third kappa shape index (κ3) is 5.96. The number of amides is 2. The summed E-state index contributed by atoms with van der Waals surface area (Å²) in [5.41, 5.74) is -2.79. The summed E-state index contributed by atoms with van der Waals surface area (Å²) in [6.07, 6.45) is -4.76. The summed E-state index contributed by atoms with van der Waals surface area (Å²) in [7, 11) is 0. The largest absolute Gasteiger partial charge is 0.417 e. The third-order valence-corrected chi connectivity index (χ3v) is 4.03. The van der Waals surface area contributed by atoms with E-state index in [1.54, 1.807) is 24.3 Å². The van der Waals surface area contributed by atoms with E-state index in [0.717, 1.165) is 12.1 Å². The Balaban J connectivity index is 2.05. The van der Waals surface area contributed by atoms with Crippen LogP contribution in [0.4, 0.5) is 30.2 Å². The lowest BCUT2D eigenvalue weighted by molar-refractivity contribution is -0.138. The predicted molar refractivity (Wildman–Crippen MR) is 105 cm³/mol. The maximum absolute atomic E-state index is 13.0. The average Bonchev–Trinajstić information content (AvgIpc) is 2.66. The number of nitrogens with one attached hydrogen (secondary N) is 3. The van der Waals surface area contributed by atoms with E-state index in [-0.39, 0.29) is 18.1 Å². The molecule has 0 aliphatic heterocycles. The van der Waals surface area contributed by atoms with Crippen LogP contribution in [-0.2, 0) is 15.8 Å². The number of anilines is 3. The number of rotatable bonds is 6. The second-order valence-electron chi connectivity index (χ2n) is 6.71. The number of nitriles is 1. The van der Waals surface area contributed by atoms with Gasteiger partial charge < -0.3 is 21.1 Å². The van der Waals surface area contributed by atoms with Crippen molar-refractivity contribution in [2.45, 2.75) is 25.6 Å². The van der Waals surface area contributed by atoms with E-state index in [4.69, 9.17) is 5.26 Å². The zero-order chi connectivity index (χ0) is 22.5. The van der Waals surface area contributed by atoms with E-state index in [1.165, 1.54) is 19.9 Å². The van der Waals surface area contributed by atoms with Crippen molar-refractivity contribution in [1.29, 1.82) is 5.26 Å². The normalized spacial score (nSPS) is 13.0. The molecule has 30 heavy (non-hydrogen) atoms. The highest BCUT2D eigenvalue weighted by atomic mass is 19.4. The minimum atomic E-state index is -4.76. The fourth-order valence-electron chi connectivity index (χ4n) is 2.45. The Labute approximate surface area is 170 Å². The smallest absolute Gasteiger partial charge is 0.382 e. The first-order chi connectivity index (χ1) is 13.9. The molecule has 0 radical (unpaired) electrons. The van der Waals surface area contributed by atoms with Gasteiger partial charge in [-0.3, -0.25) is 9.59 Å². The Morgan fingerprint density at radius 1 is 1.03 bits per heavy atom. The van der Waals surface area contributed by atoms with Crippen LogP contribution < -0.4 is 16.0 Å². The standard InChI is InChI=1S/C20H19F3N4O3/c1-12(28)26-15-7-5-14(6-8-15)25-11-19(2,30)18(29)27-16-4-3-13(10-24)17(9-16)20(21,22)23/h3-9,25,30H,11H2,1-2H3,(H,26,28)(H,27,29)/t19-/m0/s1. The zero-order valence-electron chi connectivity index (χ0n) is 16.1. The summed E-state index contributed by atoms with van der Waals surface area (Å²) in [6, 6.07) is 10.7. The van der Waals surface area contributed by atoms with E-state index < -0.39 is 28.8 Å². The molecule has 1 atom stereocenters. The zero-order valence-corrected chi connectivity index (χ0v) is 16.1. The Bertz CT molecular complexity index is 980. The first kappa shape index (κ1) is 22.7. The molecule has 0 aliphatic carbocycles. The van der Waals surface area contributed by atoms with Gasteiger partial charge in [-0.2, -0.15) is 18.4 Å². The van der Waals surface area contributed by atoms with Crippen LogP contribution in [0, 0.1) is 11.3 Å². The number of aliphatic hydroxyl groups is 1. The van der Waals surface area contributed by atoms with Crippen LogP contribution in [-0.4, -0.2) is 29.1 Å². The fourth-order valence-corrected chi connectivity index (χ4v) is 2.45. The molecule has 10 heteroatoms. The SMILES string of the molecule is CC(=O)Nc1ccc(NC[C@](C)(O)C(=O)Nc2ccc(C#N)c(C(F)(F)F)c2)cc1. The molecule has 0 spiro atoms. The van der Waals surface area contributed by atoms with Gasteiger partial charge in [-0.25, -0.2) is 0 Å². The number of carbonyl (C=O) groups is 2. The van der Waals surface area contributed by atoms with Gasteiger partial charge in [-0.1, -0.05) is 0 Å². The maximum Gasteiger partial charge on any atom is 0.417 e. The fraction of sp³-hybridized carbons (Fsp3) is 0.250. The van der Waals surface area contributed by atoms with E-state index in [1.807, 2.05) is 0 Å². The molecule has 7 nitrogen and oxygen atoms in total. The Morgan fingerprint density at radius 3 is 2.13 bits per heavy atom. The number of benzene rings is 2. The van der Waals surface area contributed by atoms with Crippen LogP contribution in [0.1, 0.15) is 25.0 Å². The molecule has 0 fully saturated rings. The van der Waals surface area contributed by atoms with Gasteiger partial charge >= 0.3 is 6.18 Å². The van der Waals surface area contributed by atoms with Crippen molar-refractivity contribution in [1.82, 2.24) is 0 Å². The maximum atomic E-state index is 13.0. The van der Waals surface area contributed by atoms with Crippen LogP contribution >= 0.6 is 0 Å². The van der Waals surface area contributed by atoms with Crippen LogP contribution in [0.25, 0.3) is 0 Å². The van der Waals surface area contributed by atoms with E-state index >= 15 is 0 Å². The lowest BCUT2D eigenvalue weighted by Crippen LogP contribution is -2.45. The molecule has 158 valence electrons. The lowest BCUT2D eigenvalue weighted by Gasteiger charge is -2.23. The highest BCUT2D eigenvalue weighted by molar-refractivity contribution is 5.97. The quantitative estimate of drug-likeness (QED) is 0.572. The van der Waals surface area contributed by atoms with E-state index in [2.05, 4.69) is 16.0 Å². The van der Waals surface area contributed by atoms with Crippen LogP contribution in [0.2, 0.25) is 0 Å². The van der Waals surface area contributed by atoms with Gasteiger partial charge in [0.25, 0.3) is 5.91 Å². The molecule has 0 bridgehead atoms. The lowest BCUT2D eigenvalue weighted by atomic mass is 10.0. The number of hydrogen-bond acceptors (Lipinski definition) is 5. The Hall–Kier alpha value is -3.58. The highest BCUT2D eigenvalue weighted by Gasteiger charge is 2.35. The molecule has 2 aromatic carbocycles. The van der Waals surface area contributed by atoms with E-state index in [0.29, 0.717) is 17.4 Å². The second kappa shape index (κ2) is 8.84. The molecule has 0 unspecified atom stereocenters. The summed E-state index contributed by atoms with van der Waals surface area (Å²) < 4.78 is 39.1. The van der Waals surface area contributed by atoms with E-state index in [9.17, 15) is 27.9 Å². The first-order valence-corrected chi connectivity index (χ1v) is 8.69. The Morgan fingerprint density at radius 2 is 1.60 bits per heavy atom. The van der Waals surface area contributed by atoms with Crippen LogP contribution in [0.15, 0.2) is 42.5 Å². The van der Waals surface area contributed by atoms with Crippen molar-refractivity contribution in [3.63, 3.8) is 0 Å². The molecule has 0 aliphatic rings. The van der Waals surface area contributed by atoms with Gasteiger partial charge in [0.1, 0.15) is 0 Å². The molecule has 0 aromatic heterocycles. The molecular formula is C20H19F3N4O3. The molecule has 0 saturated carbocycles. The first-order valence-electron chi connectivity index (χ1n) is 8.69. The van der Waals surface area contributed by atoms with Gasteiger partial charge in [-0.05, 0) is 49.4 Å². The topological polar surface area (TPSA) is 114 Å². The number of hydrogen-bond donors (Lipinski definition) is 4. The van der Waals surface area contributed by atoms with Crippen molar-refractivity contribution < 1.29 is 27.9 Å². The van der Waals surface area contributed by atoms with Crippen molar-refractivity contribution in [3.05, 3.63) is 53.6 Å². The molecule has 0 heterocycles. The van der Waals surface area contributed by atoms with Crippen molar-refractivity contribution >= 4 is 28.9 Å². The summed E-state index contributed by atoms with van der Waals surface area (Å²) in [5.74, 6) is -1.16. The number of alkyl halides is 3. The molecule has 2 amide bonds. The summed E-state index contributed by atoms with van der Waals surface area (Å²) in [5, 5.41) is 26.9. The van der Waals surface area contributed by atoms with Crippen LogP contribution in [0.3, 0.4) is 0 Å². The monoisotopic (exact) mass is 420 g/mol. The molecular weight excluding hydrogens is 401 g/mol. The average molecular weight is 420 g/mol. The molecule has 2 rings (SSSR count). The van der Waals surface area contributed by atoms with Gasteiger partial charge in [0.15, 0.2) is 5.60 Å². The van der Waals surface area contributed by atoms with Crippen LogP contribution in [0.5, 0.6) is 0 Å². The van der Waals surface area contributed by atoms with Gasteiger partial charge in [0.05, 0.1) is 23.7 Å². The number of halogens is 3. The van der Waals surface area contributed by atoms with Crippen molar-refractivity contribution in [3.8, 4) is 6.07 Å². The number of carbonyl (C=O) groups excluding carboxylic acids is 2. The summed E-state index contributed by atoms with van der Waals surface area (Å²) >= 11 is 0. The predicted octanol–water partition coefficient (Wildman–Crippen LogP) is 3.34. The number of nitrogens with zero attached hydrogens (tertiary/aromatic N) is 1. The Kier molecular flexibility index (Phi) is 6.69. The van der Waals surface area contributed by atoms with Gasteiger partial charge in [0, 0.05) is 24.0 Å². The van der Waals surface area contributed by atoms with Crippen molar-refractivity contribution in [2.24, 2.45) is 0 Å². The molecule has 4 N–H and O–H groups in total. The molecule has 0 saturated heterocycles. The summed E-state index contributed by atoms with van der Waals surface area (Å²) in [6.45, 7) is 2.34. The highest BCUT2D eigenvalue weighted by Crippen LogP contribution is 2.33. The third-order valence-electron chi connectivity index (χ3n) is 4.03. The summed E-state index contributed by atoms with van der Waals surface area (Å²) in [4.78, 5) is 23.4. The minimum absolute atomic E-state index is 0.203. The van der Waals surface area contributed by atoms with Crippen molar-refractivity contribution in [2.75, 3.05) is 22.5 Å².